The predicted molar refractivity (Wildman–Crippen MR) is 84.0 cm³/mol. The third kappa shape index (κ3) is 3.72. The molecule has 0 bridgehead atoms. The molecule has 1 rings (SSSR count). The summed E-state index contributed by atoms with van der Waals surface area (Å²) in [4.78, 5) is 10.7. The first-order chi connectivity index (χ1) is 8.96. The minimum Gasteiger partial charge on any atom is -0.507 e. The van der Waals surface area contributed by atoms with Gasteiger partial charge >= 0.3 is 0 Å². The Labute approximate surface area is 122 Å². The van der Waals surface area contributed by atoms with E-state index in [1.165, 1.54) is 0 Å². The monoisotopic (exact) mass is 273 g/mol. The van der Waals surface area contributed by atoms with E-state index < -0.39 is 0 Å². The molecule has 0 heterocycles. The summed E-state index contributed by atoms with van der Waals surface area (Å²) < 4.78 is 0. The highest BCUT2D eigenvalue weighted by Gasteiger charge is 2.26. The van der Waals surface area contributed by atoms with Crippen molar-refractivity contribution in [2.24, 2.45) is 0 Å². The molecule has 0 fully saturated rings. The fourth-order valence-corrected chi connectivity index (χ4v) is 2.22. The molecule has 1 aromatic rings. The van der Waals surface area contributed by atoms with Gasteiger partial charge in [-0.25, -0.2) is 0 Å². The van der Waals surface area contributed by atoms with Crippen LogP contribution in [0, 0.1) is 0 Å². The zero-order chi connectivity index (χ0) is 15.7. The van der Waals surface area contributed by atoms with Crippen molar-refractivity contribution in [1.82, 2.24) is 0 Å². The third-order valence-corrected chi connectivity index (χ3v) is 3.35. The number of aromatic hydroxyl groups is 1. The van der Waals surface area contributed by atoms with Crippen LogP contribution in [0.4, 0.5) is 0 Å². The van der Waals surface area contributed by atoms with Crippen molar-refractivity contribution in [2.45, 2.75) is 58.8 Å². The molecule has 1 aromatic carbocycles. The Balaban J connectivity index is 3.50. The van der Waals surface area contributed by atoms with Gasteiger partial charge in [0, 0.05) is 12.0 Å². The Hall–Kier alpha value is -1.57. The molecular formula is C18H25O2. The minimum atomic E-state index is -0.160. The van der Waals surface area contributed by atoms with Gasteiger partial charge in [0.15, 0.2) is 0 Å². The second-order valence-corrected chi connectivity index (χ2v) is 7.42. The van der Waals surface area contributed by atoms with Crippen molar-refractivity contribution in [3.05, 3.63) is 41.0 Å². The van der Waals surface area contributed by atoms with Gasteiger partial charge in [-0.05, 0) is 27.5 Å². The van der Waals surface area contributed by atoms with Crippen molar-refractivity contribution in [3.8, 4) is 5.75 Å². The maximum absolute atomic E-state index is 10.7. The van der Waals surface area contributed by atoms with Crippen molar-refractivity contribution in [3.63, 3.8) is 0 Å². The lowest BCUT2D eigenvalue weighted by atomic mass is 9.78. The summed E-state index contributed by atoms with van der Waals surface area (Å²) in [5, 5.41) is 10.6. The molecule has 2 heteroatoms. The maximum Gasteiger partial charge on any atom is 0.228 e. The molecule has 0 unspecified atom stereocenters. The molecule has 109 valence electrons. The molecule has 0 saturated carbocycles. The van der Waals surface area contributed by atoms with Crippen LogP contribution in [0.1, 0.15) is 58.2 Å². The zero-order valence-corrected chi connectivity index (χ0v) is 13.4. The van der Waals surface area contributed by atoms with E-state index in [0.29, 0.717) is 17.7 Å². The number of carbonyl (C=O) groups excluding carboxylic acids is 1. The van der Waals surface area contributed by atoms with Crippen LogP contribution in [0.15, 0.2) is 24.3 Å². The molecule has 0 aliphatic heterocycles. The first-order valence-electron chi connectivity index (χ1n) is 6.89. The fourth-order valence-electron chi connectivity index (χ4n) is 2.22. The van der Waals surface area contributed by atoms with E-state index in [4.69, 9.17) is 0 Å². The van der Waals surface area contributed by atoms with Gasteiger partial charge in [0.05, 0.1) is 0 Å². The van der Waals surface area contributed by atoms with Crippen LogP contribution in [0.2, 0.25) is 0 Å². The summed E-state index contributed by atoms with van der Waals surface area (Å²) in [5.41, 5.74) is 2.90. The molecular weight excluding hydrogens is 248 g/mol. The topological polar surface area (TPSA) is 37.3 Å². The van der Waals surface area contributed by atoms with Gasteiger partial charge in [-0.2, -0.15) is 0 Å². The highest BCUT2D eigenvalue weighted by Crippen LogP contribution is 2.40. The summed E-state index contributed by atoms with van der Waals surface area (Å²) in [5.74, 6) is 0.356. The van der Waals surface area contributed by atoms with Gasteiger partial charge < -0.3 is 5.11 Å². The van der Waals surface area contributed by atoms with E-state index >= 15 is 0 Å². The molecule has 0 aliphatic carbocycles. The Morgan fingerprint density at radius 3 is 1.80 bits per heavy atom. The molecule has 0 spiro atoms. The van der Waals surface area contributed by atoms with Crippen molar-refractivity contribution in [1.29, 1.82) is 0 Å². The Morgan fingerprint density at radius 2 is 1.50 bits per heavy atom. The second kappa shape index (κ2) is 5.43. The van der Waals surface area contributed by atoms with Crippen molar-refractivity contribution < 1.29 is 9.90 Å². The van der Waals surface area contributed by atoms with Crippen molar-refractivity contribution >= 4 is 6.29 Å². The van der Waals surface area contributed by atoms with Gasteiger partial charge in [-0.15, -0.1) is 0 Å². The lowest BCUT2D eigenvalue weighted by Gasteiger charge is -2.28. The number of phenols is 1. The molecule has 2 nitrogen and oxygen atoms in total. The van der Waals surface area contributed by atoms with Crippen LogP contribution in [0.25, 0.3) is 0 Å². The third-order valence-electron chi connectivity index (χ3n) is 3.35. The van der Waals surface area contributed by atoms with E-state index in [9.17, 15) is 9.90 Å². The van der Waals surface area contributed by atoms with E-state index in [1.807, 2.05) is 18.4 Å². The molecule has 0 aromatic heterocycles. The van der Waals surface area contributed by atoms with Crippen LogP contribution in [-0.2, 0) is 22.0 Å². The summed E-state index contributed by atoms with van der Waals surface area (Å²) >= 11 is 0. The van der Waals surface area contributed by atoms with Gasteiger partial charge in [0.1, 0.15) is 5.75 Å². The van der Waals surface area contributed by atoms with Crippen LogP contribution >= 0.6 is 0 Å². The number of hydrogen-bond donors (Lipinski definition) is 1. The SMILES string of the molecule is C=C([C]=O)Cc1cc(C(C)(C)C)c(O)c(C(C)(C)C)c1. The van der Waals surface area contributed by atoms with E-state index in [1.54, 1.807) is 0 Å². The average Bonchev–Trinajstić information content (AvgIpc) is 2.28. The van der Waals surface area contributed by atoms with E-state index in [-0.39, 0.29) is 10.8 Å². The summed E-state index contributed by atoms with van der Waals surface area (Å²) in [6, 6.07) is 3.93. The lowest BCUT2D eigenvalue weighted by molar-refractivity contribution is 0.423. The Morgan fingerprint density at radius 1 is 1.10 bits per heavy atom. The largest absolute Gasteiger partial charge is 0.507 e. The molecule has 0 saturated heterocycles. The molecule has 1 radical (unpaired) electrons. The number of benzene rings is 1. The summed E-state index contributed by atoms with van der Waals surface area (Å²) in [6.07, 6.45) is 2.31. The standard InChI is InChI=1S/C18H25O2/c1-12(11-19)8-13-9-14(17(2,3)4)16(20)15(10-13)18(5,6)7/h9-10,20H,1,8H2,2-7H3. The molecule has 0 aliphatic rings. The first-order valence-corrected chi connectivity index (χ1v) is 6.89. The predicted octanol–water partition coefficient (Wildman–Crippen LogP) is 4.20. The van der Waals surface area contributed by atoms with Crippen LogP contribution in [0.3, 0.4) is 0 Å². The number of allylic oxidation sites excluding steroid dienone is 1. The van der Waals surface area contributed by atoms with Gasteiger partial charge in [-0.3, -0.25) is 4.79 Å². The smallest absolute Gasteiger partial charge is 0.228 e. The molecule has 0 amide bonds. The van der Waals surface area contributed by atoms with E-state index in [2.05, 4.69) is 48.1 Å². The lowest BCUT2D eigenvalue weighted by Crippen LogP contribution is -2.18. The number of hydrogen-bond acceptors (Lipinski definition) is 2. The number of phenolic OH excluding ortho intramolecular Hbond substituents is 1. The zero-order valence-electron chi connectivity index (χ0n) is 13.4. The maximum atomic E-state index is 10.7. The van der Waals surface area contributed by atoms with Crippen LogP contribution in [-0.4, -0.2) is 11.4 Å². The van der Waals surface area contributed by atoms with Gasteiger partial charge in [-0.1, -0.05) is 60.3 Å². The highest BCUT2D eigenvalue weighted by atomic mass is 16.3. The molecule has 0 atom stereocenters. The van der Waals surface area contributed by atoms with Gasteiger partial charge in [0.2, 0.25) is 6.29 Å². The second-order valence-electron chi connectivity index (χ2n) is 7.42. The molecule has 1 N–H and O–H groups in total. The normalized spacial score (nSPS) is 12.3. The minimum absolute atomic E-state index is 0.160. The van der Waals surface area contributed by atoms with Crippen molar-refractivity contribution in [2.75, 3.05) is 0 Å². The quantitative estimate of drug-likeness (QED) is 0.838. The highest BCUT2D eigenvalue weighted by molar-refractivity contribution is 5.73. The first kappa shape index (κ1) is 16.5. The fraction of sp³-hybridized carbons (Fsp3) is 0.500. The Bertz CT molecular complexity index is 490. The average molecular weight is 273 g/mol. The Kier molecular flexibility index (Phi) is 4.48. The number of rotatable bonds is 3. The summed E-state index contributed by atoms with van der Waals surface area (Å²) in [6.45, 7) is 16.1. The van der Waals surface area contributed by atoms with E-state index in [0.717, 1.165) is 16.7 Å². The summed E-state index contributed by atoms with van der Waals surface area (Å²) in [7, 11) is 0. The van der Waals surface area contributed by atoms with Crippen LogP contribution in [0.5, 0.6) is 5.75 Å². The van der Waals surface area contributed by atoms with Crippen LogP contribution < -0.4 is 0 Å². The van der Waals surface area contributed by atoms with Gasteiger partial charge in [0.25, 0.3) is 0 Å². The molecule has 20 heavy (non-hydrogen) atoms.